The Bertz CT molecular complexity index is 282. The van der Waals surface area contributed by atoms with Crippen molar-refractivity contribution in [2.45, 2.75) is 60.0 Å². The second kappa shape index (κ2) is 12.7. The molecule has 0 aliphatic rings. The van der Waals surface area contributed by atoms with E-state index >= 15 is 0 Å². The first-order valence-electron chi connectivity index (χ1n) is 8.66. The second-order valence-corrected chi connectivity index (χ2v) is 6.67. The van der Waals surface area contributed by atoms with Crippen molar-refractivity contribution in [1.29, 1.82) is 0 Å². The van der Waals surface area contributed by atoms with Gasteiger partial charge in [-0.1, -0.05) is 13.8 Å². The molecule has 0 spiro atoms. The van der Waals surface area contributed by atoms with E-state index in [1.165, 1.54) is 0 Å². The van der Waals surface area contributed by atoms with E-state index in [1.807, 2.05) is 7.05 Å². The number of rotatable bonds is 11. The maximum absolute atomic E-state index is 5.57. The molecule has 5 nitrogen and oxygen atoms in total. The predicted octanol–water partition coefficient (Wildman–Crippen LogP) is 2.33. The van der Waals surface area contributed by atoms with Crippen LogP contribution in [0.25, 0.3) is 0 Å². The van der Waals surface area contributed by atoms with Crippen LogP contribution in [0.3, 0.4) is 0 Å². The maximum Gasteiger partial charge on any atom is 0.191 e. The van der Waals surface area contributed by atoms with Gasteiger partial charge in [-0.3, -0.25) is 9.89 Å². The van der Waals surface area contributed by atoms with Crippen LogP contribution in [0.4, 0.5) is 0 Å². The largest absolute Gasteiger partial charge is 0.381 e. The number of hydrogen-bond donors (Lipinski definition) is 2. The lowest BCUT2D eigenvalue weighted by Gasteiger charge is -2.30. The zero-order chi connectivity index (χ0) is 17.0. The van der Waals surface area contributed by atoms with Crippen molar-refractivity contribution in [2.24, 2.45) is 10.9 Å². The summed E-state index contributed by atoms with van der Waals surface area (Å²) >= 11 is 0. The van der Waals surface area contributed by atoms with Gasteiger partial charge in [0.2, 0.25) is 0 Å². The Labute approximate surface area is 137 Å². The van der Waals surface area contributed by atoms with Gasteiger partial charge >= 0.3 is 0 Å². The van der Waals surface area contributed by atoms with Crippen molar-refractivity contribution in [3.8, 4) is 0 Å². The Morgan fingerprint density at radius 1 is 1.00 bits per heavy atom. The Kier molecular flexibility index (Phi) is 12.2. The van der Waals surface area contributed by atoms with Crippen LogP contribution in [0, 0.1) is 5.92 Å². The van der Waals surface area contributed by atoms with Crippen molar-refractivity contribution in [1.82, 2.24) is 15.5 Å². The average molecular weight is 315 g/mol. The molecule has 132 valence electrons. The third-order valence-electron chi connectivity index (χ3n) is 3.42. The first-order chi connectivity index (χ1) is 10.4. The zero-order valence-electron chi connectivity index (χ0n) is 15.8. The van der Waals surface area contributed by atoms with Crippen LogP contribution in [0.1, 0.15) is 48.0 Å². The molecular formula is C17H38N4O. The number of aliphatic imine (C=N–C) groups is 1. The highest BCUT2D eigenvalue weighted by Crippen LogP contribution is 2.03. The van der Waals surface area contributed by atoms with Gasteiger partial charge in [0, 0.05) is 52.0 Å². The first-order valence-corrected chi connectivity index (χ1v) is 8.66. The molecule has 0 aliphatic heterocycles. The zero-order valence-corrected chi connectivity index (χ0v) is 15.8. The lowest BCUT2D eigenvalue weighted by Crippen LogP contribution is -2.45. The third-order valence-corrected chi connectivity index (χ3v) is 3.42. The molecule has 0 aromatic rings. The summed E-state index contributed by atoms with van der Waals surface area (Å²) in [6.07, 6.45) is 0.998. The molecule has 0 saturated heterocycles. The van der Waals surface area contributed by atoms with Gasteiger partial charge in [-0.2, -0.15) is 0 Å². The summed E-state index contributed by atoms with van der Waals surface area (Å²) in [5.74, 6) is 1.48. The molecule has 0 aromatic carbocycles. The molecule has 0 radical (unpaired) electrons. The van der Waals surface area contributed by atoms with Gasteiger partial charge < -0.3 is 15.4 Å². The van der Waals surface area contributed by atoms with E-state index in [0.717, 1.165) is 45.2 Å². The fraction of sp³-hybridized carbons (Fsp3) is 0.941. The number of nitrogens with one attached hydrogen (secondary N) is 2. The maximum atomic E-state index is 5.57. The van der Waals surface area contributed by atoms with Crippen LogP contribution in [0.15, 0.2) is 4.99 Å². The van der Waals surface area contributed by atoms with E-state index in [0.29, 0.717) is 18.0 Å². The van der Waals surface area contributed by atoms with Crippen LogP contribution in [-0.4, -0.2) is 62.8 Å². The summed E-state index contributed by atoms with van der Waals surface area (Å²) in [6, 6.07) is 1.13. The molecule has 0 aromatic heterocycles. The summed E-state index contributed by atoms with van der Waals surface area (Å²) < 4.78 is 5.57. The third kappa shape index (κ3) is 10.9. The smallest absolute Gasteiger partial charge is 0.191 e. The molecule has 0 rings (SSSR count). The summed E-state index contributed by atoms with van der Waals surface area (Å²) in [6.45, 7) is 17.7. The molecule has 0 atom stereocenters. The molecular weight excluding hydrogens is 276 g/mol. The van der Waals surface area contributed by atoms with Crippen LogP contribution in [0.5, 0.6) is 0 Å². The van der Waals surface area contributed by atoms with Gasteiger partial charge in [0.05, 0.1) is 0 Å². The highest BCUT2D eigenvalue weighted by Gasteiger charge is 2.12. The predicted molar refractivity (Wildman–Crippen MR) is 96.6 cm³/mol. The van der Waals surface area contributed by atoms with Crippen molar-refractivity contribution in [3.63, 3.8) is 0 Å². The molecule has 0 heterocycles. The molecule has 0 unspecified atom stereocenters. The number of nitrogens with zero attached hydrogens (tertiary/aromatic N) is 2. The monoisotopic (exact) mass is 314 g/mol. The Hall–Kier alpha value is -0.810. The van der Waals surface area contributed by atoms with E-state index in [-0.39, 0.29) is 0 Å². The molecule has 2 N–H and O–H groups in total. The minimum Gasteiger partial charge on any atom is -0.381 e. The second-order valence-electron chi connectivity index (χ2n) is 6.67. The van der Waals surface area contributed by atoms with E-state index in [1.54, 1.807) is 0 Å². The summed E-state index contributed by atoms with van der Waals surface area (Å²) in [5, 5.41) is 6.71. The van der Waals surface area contributed by atoms with Crippen LogP contribution in [0.2, 0.25) is 0 Å². The summed E-state index contributed by atoms with van der Waals surface area (Å²) in [7, 11) is 1.81. The molecule has 0 fully saturated rings. The minimum atomic E-state index is 0.565. The number of guanidine groups is 1. The topological polar surface area (TPSA) is 48.9 Å². The minimum absolute atomic E-state index is 0.565. The normalized spacial score (nSPS) is 12.8. The highest BCUT2D eigenvalue weighted by molar-refractivity contribution is 5.79. The number of ether oxygens (including phenoxy) is 1. The standard InChI is InChI=1S/C17H38N4O/c1-14(2)13-22-12-8-9-19-17(18-7)20-10-11-21(15(3)4)16(5)6/h14-16H,8-13H2,1-7H3,(H2,18,19,20). The summed E-state index contributed by atoms with van der Waals surface area (Å²) in [4.78, 5) is 6.73. The fourth-order valence-corrected chi connectivity index (χ4v) is 2.34. The van der Waals surface area contributed by atoms with Gasteiger partial charge in [0.25, 0.3) is 0 Å². The van der Waals surface area contributed by atoms with E-state index in [4.69, 9.17) is 4.74 Å². The van der Waals surface area contributed by atoms with Crippen molar-refractivity contribution in [2.75, 3.05) is 39.9 Å². The summed E-state index contributed by atoms with van der Waals surface area (Å²) in [5.41, 5.74) is 0. The Balaban J connectivity index is 3.80. The van der Waals surface area contributed by atoms with Gasteiger partial charge in [0.1, 0.15) is 0 Å². The Morgan fingerprint density at radius 2 is 1.59 bits per heavy atom. The molecule has 5 heteroatoms. The van der Waals surface area contributed by atoms with Crippen molar-refractivity contribution < 1.29 is 4.74 Å². The van der Waals surface area contributed by atoms with E-state index in [2.05, 4.69) is 62.1 Å². The lowest BCUT2D eigenvalue weighted by atomic mass is 10.2. The Morgan fingerprint density at radius 3 is 2.09 bits per heavy atom. The van der Waals surface area contributed by atoms with Crippen molar-refractivity contribution in [3.05, 3.63) is 0 Å². The van der Waals surface area contributed by atoms with Crippen LogP contribution >= 0.6 is 0 Å². The van der Waals surface area contributed by atoms with Crippen LogP contribution in [-0.2, 0) is 4.74 Å². The molecule has 0 bridgehead atoms. The van der Waals surface area contributed by atoms with Gasteiger partial charge in [-0.05, 0) is 40.0 Å². The van der Waals surface area contributed by atoms with Gasteiger partial charge in [-0.25, -0.2) is 0 Å². The average Bonchev–Trinajstić information content (AvgIpc) is 2.43. The van der Waals surface area contributed by atoms with Gasteiger partial charge in [0.15, 0.2) is 5.96 Å². The lowest BCUT2D eigenvalue weighted by molar-refractivity contribution is 0.108. The van der Waals surface area contributed by atoms with Gasteiger partial charge in [-0.15, -0.1) is 0 Å². The highest BCUT2D eigenvalue weighted by atomic mass is 16.5. The molecule has 0 saturated carbocycles. The molecule has 0 amide bonds. The molecule has 0 aliphatic carbocycles. The number of hydrogen-bond acceptors (Lipinski definition) is 3. The van der Waals surface area contributed by atoms with E-state index in [9.17, 15) is 0 Å². The van der Waals surface area contributed by atoms with Crippen molar-refractivity contribution >= 4 is 5.96 Å². The molecule has 22 heavy (non-hydrogen) atoms. The fourth-order valence-electron chi connectivity index (χ4n) is 2.34. The first kappa shape index (κ1) is 21.2. The SMILES string of the molecule is CN=C(NCCCOCC(C)C)NCCN(C(C)C)C(C)C. The quantitative estimate of drug-likeness (QED) is 0.349. The van der Waals surface area contributed by atoms with E-state index < -0.39 is 0 Å². The van der Waals surface area contributed by atoms with Crippen LogP contribution < -0.4 is 10.6 Å².